The van der Waals surface area contributed by atoms with Gasteiger partial charge in [0.15, 0.2) is 0 Å². The summed E-state index contributed by atoms with van der Waals surface area (Å²) in [5, 5.41) is 0. The lowest BCUT2D eigenvalue weighted by Gasteiger charge is -2.09. The highest BCUT2D eigenvalue weighted by Gasteiger charge is 2.02. The number of benzene rings is 1. The third-order valence-electron chi connectivity index (χ3n) is 5.07. The van der Waals surface area contributed by atoms with Crippen molar-refractivity contribution in [3.63, 3.8) is 0 Å². The van der Waals surface area contributed by atoms with Gasteiger partial charge in [0, 0.05) is 6.42 Å². The predicted molar refractivity (Wildman–Crippen MR) is 141 cm³/mol. The molecule has 0 atom stereocenters. The Morgan fingerprint density at radius 2 is 0.973 bits per heavy atom. The van der Waals surface area contributed by atoms with Gasteiger partial charge in [0.2, 0.25) is 0 Å². The second-order valence-corrected chi connectivity index (χ2v) is 8.22. The van der Waals surface area contributed by atoms with E-state index in [9.17, 15) is 4.79 Å². The van der Waals surface area contributed by atoms with Crippen LogP contribution in [0.3, 0.4) is 0 Å². The lowest BCUT2D eigenvalue weighted by molar-refractivity contribution is -0.145. The van der Waals surface area contributed by atoms with Crippen molar-refractivity contribution in [2.75, 3.05) is 92.5 Å². The van der Waals surface area contributed by atoms with Gasteiger partial charge in [-0.15, -0.1) is 0 Å². The van der Waals surface area contributed by atoms with E-state index in [4.69, 9.17) is 37.9 Å². The minimum Gasteiger partial charge on any atom is -0.491 e. The quantitative estimate of drug-likeness (QED) is 0.118. The van der Waals surface area contributed by atoms with Crippen LogP contribution in [0.5, 0.6) is 5.75 Å². The summed E-state index contributed by atoms with van der Waals surface area (Å²) in [7, 11) is 0. The molecule has 37 heavy (non-hydrogen) atoms. The minimum absolute atomic E-state index is 0.142. The Bertz CT molecular complexity index is 601. The standard InChI is InChI=1S/C28H48O9/c1-2-3-4-5-9-12-28(29)37-26-24-35-22-20-33-18-16-31-14-13-30-15-17-32-19-21-34-23-25-36-27-10-7-6-8-11-27/h6-8,10-11H,2-5,9,12-26H2,1H3. The van der Waals surface area contributed by atoms with Gasteiger partial charge in [-0.25, -0.2) is 0 Å². The third-order valence-corrected chi connectivity index (χ3v) is 5.07. The largest absolute Gasteiger partial charge is 0.491 e. The van der Waals surface area contributed by atoms with E-state index in [1.807, 2.05) is 30.3 Å². The Labute approximate surface area is 223 Å². The Morgan fingerprint density at radius 3 is 1.46 bits per heavy atom. The molecular formula is C28H48O9. The summed E-state index contributed by atoms with van der Waals surface area (Å²) in [5.41, 5.74) is 0. The van der Waals surface area contributed by atoms with E-state index < -0.39 is 0 Å². The van der Waals surface area contributed by atoms with Gasteiger partial charge in [0.1, 0.15) is 19.0 Å². The summed E-state index contributed by atoms with van der Waals surface area (Å²) >= 11 is 0. The molecule has 0 heterocycles. The molecule has 0 aromatic heterocycles. The number of rotatable bonds is 28. The lowest BCUT2D eigenvalue weighted by Crippen LogP contribution is -2.15. The van der Waals surface area contributed by atoms with E-state index in [0.29, 0.717) is 98.9 Å². The molecule has 9 heteroatoms. The van der Waals surface area contributed by atoms with Crippen molar-refractivity contribution in [1.29, 1.82) is 0 Å². The zero-order chi connectivity index (χ0) is 26.5. The smallest absolute Gasteiger partial charge is 0.305 e. The molecule has 0 saturated carbocycles. The molecule has 0 aliphatic rings. The van der Waals surface area contributed by atoms with Crippen molar-refractivity contribution >= 4 is 5.97 Å². The number of esters is 1. The molecule has 1 aromatic rings. The fourth-order valence-electron chi connectivity index (χ4n) is 3.10. The Kier molecular flexibility index (Phi) is 24.5. The zero-order valence-electron chi connectivity index (χ0n) is 22.7. The highest BCUT2D eigenvalue weighted by Crippen LogP contribution is 2.07. The van der Waals surface area contributed by atoms with Crippen LogP contribution in [-0.2, 0) is 38.0 Å². The monoisotopic (exact) mass is 528 g/mol. The molecule has 0 aliphatic carbocycles. The van der Waals surface area contributed by atoms with Crippen LogP contribution >= 0.6 is 0 Å². The maximum Gasteiger partial charge on any atom is 0.305 e. The van der Waals surface area contributed by atoms with Gasteiger partial charge in [-0.3, -0.25) is 4.79 Å². The summed E-state index contributed by atoms with van der Waals surface area (Å²) in [6.07, 6.45) is 6.10. The van der Waals surface area contributed by atoms with E-state index in [-0.39, 0.29) is 5.97 Å². The van der Waals surface area contributed by atoms with Crippen LogP contribution in [0, 0.1) is 0 Å². The van der Waals surface area contributed by atoms with Crippen LogP contribution in [0.15, 0.2) is 30.3 Å². The molecule has 0 spiro atoms. The first-order valence-electron chi connectivity index (χ1n) is 13.6. The zero-order valence-corrected chi connectivity index (χ0v) is 22.7. The number of hydrogen-bond donors (Lipinski definition) is 0. The molecule has 0 amide bonds. The number of carbonyl (C=O) groups excluding carboxylic acids is 1. The number of ether oxygens (including phenoxy) is 8. The number of carbonyl (C=O) groups is 1. The molecule has 214 valence electrons. The fraction of sp³-hybridized carbons (Fsp3) is 0.750. The van der Waals surface area contributed by atoms with Crippen LogP contribution in [0.1, 0.15) is 45.4 Å². The van der Waals surface area contributed by atoms with E-state index in [0.717, 1.165) is 18.6 Å². The van der Waals surface area contributed by atoms with E-state index in [2.05, 4.69) is 6.92 Å². The first kappa shape index (κ1) is 33.3. The van der Waals surface area contributed by atoms with Crippen LogP contribution in [0.2, 0.25) is 0 Å². The molecule has 1 rings (SSSR count). The van der Waals surface area contributed by atoms with Gasteiger partial charge in [0.05, 0.1) is 79.3 Å². The summed E-state index contributed by atoms with van der Waals surface area (Å²) in [5.74, 6) is 0.702. The SMILES string of the molecule is CCCCCCCC(=O)OCCOCCOCCOCCOCCOCCOCCOc1ccccc1. The van der Waals surface area contributed by atoms with E-state index in [1.165, 1.54) is 19.3 Å². The number of para-hydroxylation sites is 1. The molecule has 0 unspecified atom stereocenters. The van der Waals surface area contributed by atoms with Crippen LogP contribution in [-0.4, -0.2) is 98.5 Å². The lowest BCUT2D eigenvalue weighted by atomic mass is 10.1. The third kappa shape index (κ3) is 24.3. The van der Waals surface area contributed by atoms with E-state index >= 15 is 0 Å². The number of hydrogen-bond acceptors (Lipinski definition) is 9. The number of unbranched alkanes of at least 4 members (excludes halogenated alkanes) is 4. The normalized spacial score (nSPS) is 11.1. The van der Waals surface area contributed by atoms with Gasteiger partial charge >= 0.3 is 5.97 Å². The molecule has 9 nitrogen and oxygen atoms in total. The molecule has 1 aromatic carbocycles. The van der Waals surface area contributed by atoms with Crippen molar-refractivity contribution in [1.82, 2.24) is 0 Å². The predicted octanol–water partition coefficient (Wildman–Crippen LogP) is 4.07. The molecule has 0 saturated heterocycles. The Hall–Kier alpha value is -1.75. The minimum atomic E-state index is -0.142. The average molecular weight is 529 g/mol. The summed E-state index contributed by atoms with van der Waals surface area (Å²) in [4.78, 5) is 11.6. The first-order valence-corrected chi connectivity index (χ1v) is 13.6. The van der Waals surface area contributed by atoms with Gasteiger partial charge in [0.25, 0.3) is 0 Å². The molecule has 0 aliphatic heterocycles. The van der Waals surface area contributed by atoms with Crippen molar-refractivity contribution in [2.24, 2.45) is 0 Å². The van der Waals surface area contributed by atoms with Gasteiger partial charge in [-0.05, 0) is 18.6 Å². The summed E-state index contributed by atoms with van der Waals surface area (Å²) < 4.78 is 43.3. The van der Waals surface area contributed by atoms with Crippen molar-refractivity contribution in [3.8, 4) is 5.75 Å². The second-order valence-electron chi connectivity index (χ2n) is 8.22. The average Bonchev–Trinajstić information content (AvgIpc) is 2.92. The summed E-state index contributed by atoms with van der Waals surface area (Å²) in [6, 6.07) is 9.67. The highest BCUT2D eigenvalue weighted by molar-refractivity contribution is 5.69. The van der Waals surface area contributed by atoms with Gasteiger partial charge in [-0.2, -0.15) is 0 Å². The molecule has 0 fully saturated rings. The molecule has 0 radical (unpaired) electrons. The fourth-order valence-corrected chi connectivity index (χ4v) is 3.10. The second kappa shape index (κ2) is 27.3. The molecule has 0 N–H and O–H groups in total. The highest BCUT2D eigenvalue weighted by atomic mass is 16.6. The van der Waals surface area contributed by atoms with Crippen LogP contribution in [0.25, 0.3) is 0 Å². The van der Waals surface area contributed by atoms with Crippen LogP contribution in [0.4, 0.5) is 0 Å². The first-order chi connectivity index (χ1) is 18.3. The Morgan fingerprint density at radius 1 is 0.541 bits per heavy atom. The molecular weight excluding hydrogens is 480 g/mol. The maximum absolute atomic E-state index is 11.6. The van der Waals surface area contributed by atoms with Crippen LogP contribution < -0.4 is 4.74 Å². The molecule has 0 bridgehead atoms. The van der Waals surface area contributed by atoms with Crippen molar-refractivity contribution < 1.29 is 42.7 Å². The van der Waals surface area contributed by atoms with Crippen molar-refractivity contribution in [3.05, 3.63) is 30.3 Å². The summed E-state index contributed by atoms with van der Waals surface area (Å²) in [6.45, 7) is 8.94. The Balaban J connectivity index is 1.67. The van der Waals surface area contributed by atoms with Gasteiger partial charge in [-0.1, -0.05) is 50.8 Å². The maximum atomic E-state index is 11.6. The van der Waals surface area contributed by atoms with E-state index in [1.54, 1.807) is 0 Å². The van der Waals surface area contributed by atoms with Crippen molar-refractivity contribution in [2.45, 2.75) is 45.4 Å². The topological polar surface area (TPSA) is 90.9 Å². The van der Waals surface area contributed by atoms with Gasteiger partial charge < -0.3 is 37.9 Å².